The third-order valence-electron chi connectivity index (χ3n) is 2.03. The van der Waals surface area contributed by atoms with Crippen LogP contribution in [0.2, 0.25) is 0 Å². The molecule has 0 saturated carbocycles. The number of nitrogens with one attached hydrogen (secondary N) is 1. The number of carbonyl (C=O) groups is 1. The van der Waals surface area contributed by atoms with Crippen LogP contribution in [-0.2, 0) is 14.3 Å². The van der Waals surface area contributed by atoms with Gasteiger partial charge in [-0.05, 0) is 0 Å². The molecule has 4 nitrogen and oxygen atoms in total. The van der Waals surface area contributed by atoms with Crippen molar-refractivity contribution in [2.75, 3.05) is 26.8 Å². The summed E-state index contributed by atoms with van der Waals surface area (Å²) in [6.45, 7) is -1.33. The van der Waals surface area contributed by atoms with Gasteiger partial charge in [0.15, 0.2) is 5.60 Å². The Hall–Kier alpha value is -0.820. The Kier molecular flexibility index (Phi) is 3.01. The fourth-order valence-electron chi connectivity index (χ4n) is 0.992. The second-order valence-corrected chi connectivity index (χ2v) is 2.96. The molecule has 1 N–H and O–H groups in total. The fraction of sp³-hybridized carbons (Fsp3) is 0.857. The van der Waals surface area contributed by atoms with E-state index in [0.29, 0.717) is 0 Å². The summed E-state index contributed by atoms with van der Waals surface area (Å²) in [7, 11) is 1.09. The van der Waals surface area contributed by atoms with Crippen LogP contribution in [0, 0.1) is 0 Å². The van der Waals surface area contributed by atoms with E-state index in [0.717, 1.165) is 7.11 Å². The minimum Gasteiger partial charge on any atom is -0.467 e. The van der Waals surface area contributed by atoms with Gasteiger partial charge < -0.3 is 14.8 Å². The van der Waals surface area contributed by atoms with Gasteiger partial charge >= 0.3 is 12.1 Å². The summed E-state index contributed by atoms with van der Waals surface area (Å²) in [6, 6.07) is 0. The zero-order chi connectivity index (χ0) is 10.8. The van der Waals surface area contributed by atoms with E-state index < -0.39 is 24.4 Å². The molecule has 0 aliphatic carbocycles. The molecule has 0 unspecified atom stereocenters. The van der Waals surface area contributed by atoms with Gasteiger partial charge in [-0.3, -0.25) is 0 Å². The maximum Gasteiger partial charge on any atom is 0.419 e. The van der Waals surface area contributed by atoms with E-state index in [-0.39, 0.29) is 13.1 Å². The standard InChI is InChI=1S/C7H10F3NO3/c1-13-5(12)2-14-6(3-11-4-6)7(8,9)10/h11H,2-4H2,1H3. The third-order valence-corrected chi connectivity index (χ3v) is 2.03. The lowest BCUT2D eigenvalue weighted by Gasteiger charge is -2.42. The first kappa shape index (κ1) is 11.3. The molecule has 0 radical (unpaired) electrons. The van der Waals surface area contributed by atoms with Gasteiger partial charge in [0, 0.05) is 13.1 Å². The topological polar surface area (TPSA) is 47.6 Å². The van der Waals surface area contributed by atoms with Crippen LogP contribution in [0.15, 0.2) is 0 Å². The predicted molar refractivity (Wildman–Crippen MR) is 39.6 cm³/mol. The van der Waals surface area contributed by atoms with Crippen LogP contribution in [0.25, 0.3) is 0 Å². The fourth-order valence-corrected chi connectivity index (χ4v) is 0.992. The third kappa shape index (κ3) is 1.98. The van der Waals surface area contributed by atoms with Crippen molar-refractivity contribution in [3.8, 4) is 0 Å². The van der Waals surface area contributed by atoms with Crippen molar-refractivity contribution in [1.82, 2.24) is 5.32 Å². The largest absolute Gasteiger partial charge is 0.467 e. The summed E-state index contributed by atoms with van der Waals surface area (Å²) in [5.41, 5.74) is -2.22. The van der Waals surface area contributed by atoms with Crippen LogP contribution < -0.4 is 5.32 Å². The van der Waals surface area contributed by atoms with E-state index in [1.807, 2.05) is 0 Å². The number of hydrogen-bond donors (Lipinski definition) is 1. The minimum atomic E-state index is -4.47. The van der Waals surface area contributed by atoms with Crippen molar-refractivity contribution in [2.24, 2.45) is 0 Å². The summed E-state index contributed by atoms with van der Waals surface area (Å²) in [4.78, 5) is 10.6. The highest BCUT2D eigenvalue weighted by Gasteiger charge is 2.60. The number of carbonyl (C=O) groups excluding carboxylic acids is 1. The lowest BCUT2D eigenvalue weighted by atomic mass is 9.96. The highest BCUT2D eigenvalue weighted by molar-refractivity contribution is 5.70. The van der Waals surface area contributed by atoms with Crippen LogP contribution >= 0.6 is 0 Å². The van der Waals surface area contributed by atoms with Gasteiger partial charge in [0.05, 0.1) is 7.11 Å². The first-order chi connectivity index (χ1) is 6.41. The Morgan fingerprint density at radius 3 is 2.36 bits per heavy atom. The van der Waals surface area contributed by atoms with E-state index in [4.69, 9.17) is 0 Å². The van der Waals surface area contributed by atoms with Crippen molar-refractivity contribution < 1.29 is 27.4 Å². The molecule has 0 aromatic carbocycles. The predicted octanol–water partition coefficient (Wildman–Crippen LogP) is 0.0803. The second kappa shape index (κ2) is 3.74. The van der Waals surface area contributed by atoms with E-state index >= 15 is 0 Å². The molecule has 1 rings (SSSR count). The number of alkyl halides is 3. The van der Waals surface area contributed by atoms with Gasteiger partial charge in [0.1, 0.15) is 6.61 Å². The summed E-state index contributed by atoms with van der Waals surface area (Å²) < 4.78 is 45.9. The molecule has 0 atom stereocenters. The smallest absolute Gasteiger partial charge is 0.419 e. The lowest BCUT2D eigenvalue weighted by molar-refractivity contribution is -0.292. The van der Waals surface area contributed by atoms with Gasteiger partial charge in [-0.15, -0.1) is 0 Å². The molecule has 1 heterocycles. The number of halogens is 3. The Balaban J connectivity index is 2.51. The second-order valence-electron chi connectivity index (χ2n) is 2.96. The summed E-state index contributed by atoms with van der Waals surface area (Å²) in [5, 5.41) is 2.45. The average molecular weight is 213 g/mol. The van der Waals surface area contributed by atoms with E-state index in [1.54, 1.807) is 0 Å². The van der Waals surface area contributed by atoms with Crippen molar-refractivity contribution >= 4 is 5.97 Å². The molecule has 1 fully saturated rings. The molecular weight excluding hydrogens is 203 g/mol. The minimum absolute atomic E-state index is 0.326. The SMILES string of the molecule is COC(=O)COC1(C(F)(F)F)CNC1. The van der Waals surface area contributed by atoms with Crippen LogP contribution in [0.3, 0.4) is 0 Å². The Labute approximate surface area is 78.4 Å². The monoisotopic (exact) mass is 213 g/mol. The molecular formula is C7H10F3NO3. The van der Waals surface area contributed by atoms with Crippen molar-refractivity contribution in [2.45, 2.75) is 11.8 Å². The van der Waals surface area contributed by atoms with Crippen molar-refractivity contribution in [3.63, 3.8) is 0 Å². The number of ether oxygens (including phenoxy) is 2. The Morgan fingerprint density at radius 1 is 1.50 bits per heavy atom. The molecule has 0 spiro atoms. The number of hydrogen-bond acceptors (Lipinski definition) is 4. The normalized spacial score (nSPS) is 20.0. The number of esters is 1. The Bertz CT molecular complexity index is 225. The number of methoxy groups -OCH3 is 1. The van der Waals surface area contributed by atoms with Gasteiger partial charge in [-0.2, -0.15) is 13.2 Å². The summed E-state index contributed by atoms with van der Waals surface area (Å²) in [5.74, 6) is -0.819. The molecule has 0 aromatic heterocycles. The first-order valence-electron chi connectivity index (χ1n) is 3.89. The zero-order valence-corrected chi connectivity index (χ0v) is 7.48. The lowest BCUT2D eigenvalue weighted by Crippen LogP contribution is -2.69. The van der Waals surface area contributed by atoms with Gasteiger partial charge in [-0.25, -0.2) is 4.79 Å². The quantitative estimate of drug-likeness (QED) is 0.674. The maximum absolute atomic E-state index is 12.4. The van der Waals surface area contributed by atoms with Crippen LogP contribution in [0.4, 0.5) is 13.2 Å². The molecule has 1 saturated heterocycles. The molecule has 1 aliphatic rings. The van der Waals surface area contributed by atoms with Crippen LogP contribution in [0.1, 0.15) is 0 Å². The molecule has 0 bridgehead atoms. The van der Waals surface area contributed by atoms with Crippen molar-refractivity contribution in [3.05, 3.63) is 0 Å². The average Bonchev–Trinajstić information content (AvgIpc) is 1.99. The molecule has 0 aromatic rings. The van der Waals surface area contributed by atoms with E-state index in [1.165, 1.54) is 0 Å². The molecule has 7 heteroatoms. The zero-order valence-electron chi connectivity index (χ0n) is 7.48. The van der Waals surface area contributed by atoms with E-state index in [9.17, 15) is 18.0 Å². The maximum atomic E-state index is 12.4. The summed E-state index contributed by atoms with van der Waals surface area (Å²) >= 11 is 0. The van der Waals surface area contributed by atoms with Gasteiger partial charge in [0.25, 0.3) is 0 Å². The van der Waals surface area contributed by atoms with E-state index in [2.05, 4.69) is 14.8 Å². The molecule has 14 heavy (non-hydrogen) atoms. The van der Waals surface area contributed by atoms with Gasteiger partial charge in [-0.1, -0.05) is 0 Å². The summed E-state index contributed by atoms with van der Waals surface area (Å²) in [6.07, 6.45) is -4.47. The van der Waals surface area contributed by atoms with Crippen molar-refractivity contribution in [1.29, 1.82) is 0 Å². The Morgan fingerprint density at radius 2 is 2.07 bits per heavy atom. The molecule has 1 aliphatic heterocycles. The van der Waals surface area contributed by atoms with Gasteiger partial charge in [0.2, 0.25) is 0 Å². The molecule has 0 amide bonds. The first-order valence-corrected chi connectivity index (χ1v) is 3.89. The highest BCUT2D eigenvalue weighted by Crippen LogP contribution is 2.36. The highest BCUT2D eigenvalue weighted by atomic mass is 19.4. The van der Waals surface area contributed by atoms with Crippen LogP contribution in [-0.4, -0.2) is 44.6 Å². The molecule has 82 valence electrons. The van der Waals surface area contributed by atoms with Crippen LogP contribution in [0.5, 0.6) is 0 Å². The number of rotatable bonds is 3.